The van der Waals surface area contributed by atoms with Crippen molar-refractivity contribution in [3.05, 3.63) is 83.4 Å². The van der Waals surface area contributed by atoms with Crippen molar-refractivity contribution in [3.8, 4) is 0 Å². The van der Waals surface area contributed by atoms with Crippen LogP contribution in [-0.2, 0) is 11.3 Å². The number of benzene rings is 2. The normalized spacial score (nSPS) is 11.1. The minimum atomic E-state index is -0.239. The number of fused-ring (bicyclic) bond motifs is 1. The zero-order valence-corrected chi connectivity index (χ0v) is 19.7. The molecule has 0 unspecified atom stereocenters. The highest BCUT2D eigenvalue weighted by Crippen LogP contribution is 2.33. The maximum Gasteiger partial charge on any atom is 0.229 e. The van der Waals surface area contributed by atoms with E-state index in [9.17, 15) is 9.18 Å². The van der Waals surface area contributed by atoms with Crippen LogP contribution in [-0.4, -0.2) is 21.6 Å². The third-order valence-corrected chi connectivity index (χ3v) is 7.35. The highest BCUT2D eigenvalue weighted by Gasteiger charge is 2.21. The molecule has 2 aromatic heterocycles. The largest absolute Gasteiger partial charge is 0.284 e. The average molecular weight is 466 g/mol. The van der Waals surface area contributed by atoms with Crippen LogP contribution in [0.15, 0.2) is 65.8 Å². The molecule has 2 heterocycles. The van der Waals surface area contributed by atoms with Crippen LogP contribution in [0.3, 0.4) is 0 Å². The van der Waals surface area contributed by atoms with E-state index in [2.05, 4.69) is 31.0 Å². The molecule has 164 valence electrons. The third-order valence-electron chi connectivity index (χ3n) is 5.02. The maximum absolute atomic E-state index is 13.2. The van der Waals surface area contributed by atoms with Crippen molar-refractivity contribution in [2.24, 2.45) is 0 Å². The lowest BCUT2D eigenvalue weighted by molar-refractivity contribution is -0.118. The molecule has 0 aliphatic heterocycles. The predicted octanol–water partition coefficient (Wildman–Crippen LogP) is 6.55. The monoisotopic (exact) mass is 465 g/mol. The molecule has 0 spiro atoms. The Morgan fingerprint density at radius 2 is 1.97 bits per heavy atom. The second-order valence-corrected chi connectivity index (χ2v) is 9.82. The van der Waals surface area contributed by atoms with Gasteiger partial charge in [-0.15, -0.1) is 11.8 Å². The number of anilines is 1. The van der Waals surface area contributed by atoms with Gasteiger partial charge in [-0.25, -0.2) is 9.37 Å². The Balaban J connectivity index is 1.49. The summed E-state index contributed by atoms with van der Waals surface area (Å²) < 4.78 is 14.2. The fraction of sp³-hybridized carbons (Fsp3) is 0.240. The summed E-state index contributed by atoms with van der Waals surface area (Å²) in [5.74, 6) is 0.592. The van der Waals surface area contributed by atoms with Crippen molar-refractivity contribution in [2.45, 2.75) is 38.1 Å². The van der Waals surface area contributed by atoms with E-state index < -0.39 is 0 Å². The summed E-state index contributed by atoms with van der Waals surface area (Å²) in [5, 5.41) is 0.716. The van der Waals surface area contributed by atoms with Gasteiger partial charge in [0.25, 0.3) is 0 Å². The molecule has 0 atom stereocenters. The summed E-state index contributed by atoms with van der Waals surface area (Å²) >= 11 is 3.19. The number of thioether (sulfide) groups is 1. The highest BCUT2D eigenvalue weighted by atomic mass is 32.2. The van der Waals surface area contributed by atoms with Gasteiger partial charge in [0.2, 0.25) is 5.91 Å². The number of hydrogen-bond acceptors (Lipinski definition) is 5. The number of thiazole rings is 1. The summed E-state index contributed by atoms with van der Waals surface area (Å²) in [6.07, 6.45) is 4.66. The second-order valence-electron chi connectivity index (χ2n) is 7.67. The van der Waals surface area contributed by atoms with Crippen LogP contribution in [0.4, 0.5) is 9.52 Å². The first-order valence-corrected chi connectivity index (χ1v) is 12.3. The fourth-order valence-electron chi connectivity index (χ4n) is 3.50. The Bertz CT molecular complexity index is 1210. The molecule has 0 fully saturated rings. The van der Waals surface area contributed by atoms with Crippen molar-refractivity contribution < 1.29 is 9.18 Å². The lowest BCUT2D eigenvalue weighted by Gasteiger charge is -2.20. The minimum Gasteiger partial charge on any atom is -0.284 e. The van der Waals surface area contributed by atoms with Crippen LogP contribution >= 0.6 is 23.1 Å². The van der Waals surface area contributed by atoms with E-state index in [-0.39, 0.29) is 11.7 Å². The van der Waals surface area contributed by atoms with E-state index in [0.717, 1.165) is 38.4 Å². The molecule has 2 aromatic carbocycles. The molecule has 1 amide bonds. The Labute approximate surface area is 195 Å². The molecule has 32 heavy (non-hydrogen) atoms. The molecular formula is C25H24FN3OS2. The minimum absolute atomic E-state index is 0.0435. The van der Waals surface area contributed by atoms with Gasteiger partial charge in [0.05, 0.1) is 16.8 Å². The van der Waals surface area contributed by atoms with Gasteiger partial charge in [-0.1, -0.05) is 23.5 Å². The lowest BCUT2D eigenvalue weighted by atomic mass is 10.1. The standard InChI is InChI=1S/C25H24FN3OS2/c1-17-13-18(2)24-22(14-17)28-25(32-24)29(16-19-5-3-11-27-15-19)23(30)6-4-12-31-21-9-7-20(26)8-10-21/h3,5,7-11,13-15H,4,6,12,16H2,1-2H3. The molecule has 0 radical (unpaired) electrons. The lowest BCUT2D eigenvalue weighted by Crippen LogP contribution is -2.30. The summed E-state index contributed by atoms with van der Waals surface area (Å²) in [5.41, 5.74) is 4.23. The Hall–Kier alpha value is -2.77. The number of nitrogens with zero attached hydrogens (tertiary/aromatic N) is 3. The zero-order valence-electron chi connectivity index (χ0n) is 18.0. The second kappa shape index (κ2) is 10.2. The van der Waals surface area contributed by atoms with Gasteiger partial charge in [-0.2, -0.15) is 0 Å². The molecule has 0 bridgehead atoms. The number of amides is 1. The van der Waals surface area contributed by atoms with Crippen LogP contribution in [0, 0.1) is 19.7 Å². The number of carbonyl (C=O) groups excluding carboxylic acids is 1. The van der Waals surface area contributed by atoms with Gasteiger partial charge in [-0.3, -0.25) is 14.7 Å². The molecule has 7 heteroatoms. The third kappa shape index (κ3) is 5.53. The molecule has 4 nitrogen and oxygen atoms in total. The maximum atomic E-state index is 13.2. The number of pyridine rings is 1. The molecule has 0 saturated heterocycles. The number of aryl methyl sites for hydroxylation is 2. The van der Waals surface area contributed by atoms with Gasteiger partial charge in [0, 0.05) is 23.7 Å². The SMILES string of the molecule is Cc1cc(C)c2sc(N(Cc3cccnc3)C(=O)CCCSc3ccc(F)cc3)nc2c1. The highest BCUT2D eigenvalue weighted by molar-refractivity contribution is 7.99. The van der Waals surface area contributed by atoms with Crippen molar-refractivity contribution in [2.75, 3.05) is 10.7 Å². The number of rotatable bonds is 8. The molecule has 0 aliphatic carbocycles. The summed E-state index contributed by atoms with van der Waals surface area (Å²) in [6, 6.07) is 14.5. The topological polar surface area (TPSA) is 46.1 Å². The first kappa shape index (κ1) is 22.4. The van der Waals surface area contributed by atoms with Crippen LogP contribution in [0.5, 0.6) is 0 Å². The molecule has 0 aliphatic rings. The number of hydrogen-bond donors (Lipinski definition) is 0. The predicted molar refractivity (Wildman–Crippen MR) is 131 cm³/mol. The van der Waals surface area contributed by atoms with E-state index in [1.54, 1.807) is 52.5 Å². The first-order chi connectivity index (χ1) is 15.5. The van der Waals surface area contributed by atoms with Gasteiger partial charge in [-0.05, 0) is 79.1 Å². The molecule has 0 N–H and O–H groups in total. The fourth-order valence-corrected chi connectivity index (χ4v) is 5.38. The molecule has 4 aromatic rings. The van der Waals surface area contributed by atoms with Crippen LogP contribution in [0.25, 0.3) is 10.2 Å². The quantitative estimate of drug-likeness (QED) is 0.219. The van der Waals surface area contributed by atoms with Crippen LogP contribution in [0.2, 0.25) is 0 Å². The van der Waals surface area contributed by atoms with Crippen LogP contribution < -0.4 is 4.90 Å². The van der Waals surface area contributed by atoms with Crippen molar-refractivity contribution in [1.82, 2.24) is 9.97 Å². The molecule has 0 saturated carbocycles. The van der Waals surface area contributed by atoms with Gasteiger partial charge < -0.3 is 0 Å². The Kier molecular flexibility index (Phi) is 7.17. The van der Waals surface area contributed by atoms with E-state index in [4.69, 9.17) is 4.98 Å². The average Bonchev–Trinajstić information content (AvgIpc) is 3.21. The zero-order chi connectivity index (χ0) is 22.5. The number of carbonyl (C=O) groups is 1. The van der Waals surface area contributed by atoms with Gasteiger partial charge in [0.1, 0.15) is 5.82 Å². The van der Waals surface area contributed by atoms with Crippen molar-refractivity contribution >= 4 is 44.4 Å². The van der Waals surface area contributed by atoms with E-state index in [0.29, 0.717) is 18.1 Å². The first-order valence-electron chi connectivity index (χ1n) is 10.4. The van der Waals surface area contributed by atoms with E-state index in [1.807, 2.05) is 12.1 Å². The smallest absolute Gasteiger partial charge is 0.229 e. The molecular weight excluding hydrogens is 441 g/mol. The van der Waals surface area contributed by atoms with Gasteiger partial charge in [0.15, 0.2) is 5.13 Å². The van der Waals surface area contributed by atoms with E-state index in [1.165, 1.54) is 17.7 Å². The van der Waals surface area contributed by atoms with Crippen molar-refractivity contribution in [3.63, 3.8) is 0 Å². The summed E-state index contributed by atoms with van der Waals surface area (Å²) in [6.45, 7) is 4.58. The van der Waals surface area contributed by atoms with Crippen LogP contribution in [0.1, 0.15) is 29.5 Å². The Morgan fingerprint density at radius 1 is 1.16 bits per heavy atom. The van der Waals surface area contributed by atoms with E-state index >= 15 is 0 Å². The number of aromatic nitrogens is 2. The van der Waals surface area contributed by atoms with Crippen molar-refractivity contribution in [1.29, 1.82) is 0 Å². The molecule has 4 rings (SSSR count). The summed E-state index contributed by atoms with van der Waals surface area (Å²) in [7, 11) is 0. The Morgan fingerprint density at radius 3 is 2.72 bits per heavy atom. The summed E-state index contributed by atoms with van der Waals surface area (Å²) in [4.78, 5) is 25.0. The van der Waals surface area contributed by atoms with Gasteiger partial charge >= 0.3 is 0 Å². The number of halogens is 1.